The number of esters is 1. The molecule has 0 N–H and O–H groups in total. The van der Waals surface area contributed by atoms with Crippen LogP contribution in [0.2, 0.25) is 5.02 Å². The third-order valence-electron chi connectivity index (χ3n) is 6.36. The van der Waals surface area contributed by atoms with E-state index in [2.05, 4.69) is 4.99 Å². The maximum absolute atomic E-state index is 13.9. The third-order valence-corrected chi connectivity index (χ3v) is 7.57. The first-order valence-electron chi connectivity index (χ1n) is 12.1. The van der Waals surface area contributed by atoms with E-state index in [9.17, 15) is 9.59 Å². The van der Waals surface area contributed by atoms with Crippen LogP contribution in [-0.2, 0) is 16.1 Å². The number of allylic oxidation sites excluding steroid dienone is 1. The zero-order valence-electron chi connectivity index (χ0n) is 21.5. The van der Waals surface area contributed by atoms with Crippen LogP contribution in [0.3, 0.4) is 0 Å². The van der Waals surface area contributed by atoms with E-state index < -0.39 is 12.0 Å². The Morgan fingerprint density at radius 3 is 2.54 bits per heavy atom. The molecule has 5 rings (SSSR count). The molecule has 0 saturated heterocycles. The second-order valence-corrected chi connectivity index (χ2v) is 10.2. The van der Waals surface area contributed by atoms with Crippen molar-refractivity contribution in [2.45, 2.75) is 19.6 Å². The minimum Gasteiger partial charge on any atom is -0.496 e. The number of nitrogens with zero attached hydrogens (tertiary/aromatic N) is 2. The molecule has 2 heterocycles. The molecule has 0 aliphatic carbocycles. The Morgan fingerprint density at radius 2 is 1.79 bits per heavy atom. The van der Waals surface area contributed by atoms with Gasteiger partial charge in [0, 0.05) is 16.1 Å². The average Bonchev–Trinajstić information content (AvgIpc) is 3.25. The smallest absolute Gasteiger partial charge is 0.338 e. The minimum absolute atomic E-state index is 0.239. The van der Waals surface area contributed by atoms with Crippen LogP contribution < -0.4 is 24.4 Å². The van der Waals surface area contributed by atoms with Gasteiger partial charge in [-0.25, -0.2) is 9.79 Å². The summed E-state index contributed by atoms with van der Waals surface area (Å²) < 4.78 is 18.7. The molecule has 1 aliphatic rings. The lowest BCUT2D eigenvalue weighted by Gasteiger charge is -2.25. The lowest BCUT2D eigenvalue weighted by Crippen LogP contribution is -2.40. The Labute approximate surface area is 233 Å². The maximum atomic E-state index is 13.9. The van der Waals surface area contributed by atoms with Gasteiger partial charge in [0.1, 0.15) is 24.1 Å². The minimum atomic E-state index is -0.839. The summed E-state index contributed by atoms with van der Waals surface area (Å²) in [6.45, 7) is 2.11. The quantitative estimate of drug-likeness (QED) is 0.307. The van der Waals surface area contributed by atoms with Gasteiger partial charge in [0.05, 0.1) is 30.0 Å². The van der Waals surface area contributed by atoms with E-state index in [4.69, 9.17) is 25.8 Å². The van der Waals surface area contributed by atoms with Gasteiger partial charge in [0.25, 0.3) is 5.56 Å². The monoisotopic (exact) mass is 560 g/mol. The Bertz CT molecular complexity index is 1760. The van der Waals surface area contributed by atoms with Crippen LogP contribution in [0.15, 0.2) is 93.9 Å². The summed E-state index contributed by atoms with van der Waals surface area (Å²) in [6.07, 6.45) is 1.79. The van der Waals surface area contributed by atoms with E-state index in [0.29, 0.717) is 43.7 Å². The summed E-state index contributed by atoms with van der Waals surface area (Å²) in [7, 11) is 2.82. The van der Waals surface area contributed by atoms with Gasteiger partial charge >= 0.3 is 5.97 Å². The number of thiazole rings is 1. The zero-order valence-corrected chi connectivity index (χ0v) is 23.1. The molecule has 0 spiro atoms. The molecule has 0 fully saturated rings. The zero-order chi connectivity index (χ0) is 27.5. The molecule has 0 bridgehead atoms. The highest BCUT2D eigenvalue weighted by atomic mass is 35.5. The highest BCUT2D eigenvalue weighted by molar-refractivity contribution is 7.07. The van der Waals surface area contributed by atoms with E-state index in [1.807, 2.05) is 54.6 Å². The van der Waals surface area contributed by atoms with Gasteiger partial charge in [0.15, 0.2) is 4.80 Å². The third kappa shape index (κ3) is 5.26. The Kier molecular flexibility index (Phi) is 7.67. The number of para-hydroxylation sites is 1. The van der Waals surface area contributed by atoms with Crippen molar-refractivity contribution in [3.05, 3.63) is 125 Å². The summed E-state index contributed by atoms with van der Waals surface area (Å²) in [5.74, 6) is 0.540. The molecule has 9 heteroatoms. The molecule has 4 aromatic rings. The molecular weight excluding hydrogens is 536 g/mol. The van der Waals surface area contributed by atoms with Crippen LogP contribution in [0.25, 0.3) is 6.08 Å². The molecule has 0 radical (unpaired) electrons. The first-order valence-corrected chi connectivity index (χ1v) is 13.3. The molecule has 7 nitrogen and oxygen atoms in total. The standard InChI is InChI=1S/C30H25ClN2O5S/c1-18-26(29(35)37-3)27(22-16-21(31)13-14-24(22)36-2)33-28(34)25(39-30(33)32-18)15-20-11-7-8-12-23(20)38-17-19-9-5-4-6-10-19/h4-16,27H,17H2,1-3H3/b25-15-/t27-/m0/s1. The van der Waals surface area contributed by atoms with E-state index in [1.165, 1.54) is 30.1 Å². The maximum Gasteiger partial charge on any atom is 0.338 e. The number of benzene rings is 3. The van der Waals surface area contributed by atoms with Crippen LogP contribution in [0.1, 0.15) is 29.7 Å². The van der Waals surface area contributed by atoms with E-state index in [1.54, 1.807) is 31.2 Å². The normalized spacial score (nSPS) is 15.0. The van der Waals surface area contributed by atoms with Crippen molar-refractivity contribution < 1.29 is 19.0 Å². The summed E-state index contributed by atoms with van der Waals surface area (Å²) in [5, 5.41) is 0.441. The average molecular weight is 561 g/mol. The highest BCUT2D eigenvalue weighted by Crippen LogP contribution is 2.37. The van der Waals surface area contributed by atoms with Crippen molar-refractivity contribution in [2.24, 2.45) is 4.99 Å². The van der Waals surface area contributed by atoms with Crippen molar-refractivity contribution in [2.75, 3.05) is 14.2 Å². The van der Waals surface area contributed by atoms with Gasteiger partial charge in [-0.1, -0.05) is 71.5 Å². The second-order valence-electron chi connectivity index (χ2n) is 8.77. The van der Waals surface area contributed by atoms with Gasteiger partial charge < -0.3 is 14.2 Å². The molecule has 1 atom stereocenters. The van der Waals surface area contributed by atoms with Crippen LogP contribution >= 0.6 is 22.9 Å². The fourth-order valence-corrected chi connectivity index (χ4v) is 5.73. The molecule has 0 amide bonds. The summed E-state index contributed by atoms with van der Waals surface area (Å²) >= 11 is 7.58. The van der Waals surface area contributed by atoms with Crippen molar-refractivity contribution in [1.29, 1.82) is 0 Å². The number of hydrogen-bond donors (Lipinski definition) is 0. The lowest BCUT2D eigenvalue weighted by atomic mass is 9.95. The van der Waals surface area contributed by atoms with Crippen LogP contribution in [0, 0.1) is 0 Å². The van der Waals surface area contributed by atoms with E-state index in [-0.39, 0.29) is 11.1 Å². The fourth-order valence-electron chi connectivity index (χ4n) is 4.51. The SMILES string of the molecule is COC(=O)C1=C(C)N=c2s/c(=C\c3ccccc3OCc3ccccc3)c(=O)n2[C@H]1c1cc(Cl)ccc1OC. The van der Waals surface area contributed by atoms with Crippen LogP contribution in [0.4, 0.5) is 0 Å². The first-order chi connectivity index (χ1) is 18.9. The lowest BCUT2D eigenvalue weighted by molar-refractivity contribution is -0.136. The number of halogens is 1. The predicted molar refractivity (Wildman–Crippen MR) is 151 cm³/mol. The number of fused-ring (bicyclic) bond motifs is 1. The fraction of sp³-hybridized carbons (Fsp3) is 0.167. The Balaban J connectivity index is 1.65. The number of carbonyl (C=O) groups excluding carboxylic acids is 1. The Morgan fingerprint density at radius 1 is 1.05 bits per heavy atom. The van der Waals surface area contributed by atoms with Gasteiger partial charge in [-0.3, -0.25) is 9.36 Å². The van der Waals surface area contributed by atoms with E-state index >= 15 is 0 Å². The molecule has 198 valence electrons. The van der Waals surface area contributed by atoms with Gasteiger partial charge in [-0.05, 0) is 42.8 Å². The van der Waals surface area contributed by atoms with E-state index in [0.717, 1.165) is 11.1 Å². The van der Waals surface area contributed by atoms with Crippen LogP contribution in [0.5, 0.6) is 11.5 Å². The molecular formula is C30H25ClN2O5S. The van der Waals surface area contributed by atoms with Gasteiger partial charge in [-0.2, -0.15) is 0 Å². The number of hydrogen-bond acceptors (Lipinski definition) is 7. The number of rotatable bonds is 7. The largest absolute Gasteiger partial charge is 0.496 e. The summed E-state index contributed by atoms with van der Waals surface area (Å²) in [6, 6.07) is 21.6. The number of aromatic nitrogens is 1. The van der Waals surface area contributed by atoms with Gasteiger partial charge in [0.2, 0.25) is 0 Å². The van der Waals surface area contributed by atoms with Crippen molar-refractivity contribution in [3.8, 4) is 11.5 Å². The first kappa shape index (κ1) is 26.5. The number of methoxy groups -OCH3 is 2. The van der Waals surface area contributed by atoms with Crippen LogP contribution in [-0.4, -0.2) is 24.8 Å². The second kappa shape index (κ2) is 11.3. The number of carbonyl (C=O) groups is 1. The number of ether oxygens (including phenoxy) is 3. The molecule has 3 aromatic carbocycles. The molecule has 0 unspecified atom stereocenters. The molecule has 39 heavy (non-hydrogen) atoms. The highest BCUT2D eigenvalue weighted by Gasteiger charge is 2.35. The van der Waals surface area contributed by atoms with Crippen molar-refractivity contribution in [1.82, 2.24) is 4.57 Å². The van der Waals surface area contributed by atoms with Crippen molar-refractivity contribution >= 4 is 35.0 Å². The molecule has 1 aliphatic heterocycles. The summed E-state index contributed by atoms with van der Waals surface area (Å²) in [5.41, 5.74) is 2.72. The molecule has 1 aromatic heterocycles. The molecule has 0 saturated carbocycles. The topological polar surface area (TPSA) is 79.1 Å². The summed E-state index contributed by atoms with van der Waals surface area (Å²) in [4.78, 5) is 31.9. The van der Waals surface area contributed by atoms with Gasteiger partial charge in [-0.15, -0.1) is 0 Å². The Hall–Kier alpha value is -4.14. The predicted octanol–water partition coefficient (Wildman–Crippen LogP) is 4.65. The van der Waals surface area contributed by atoms with Crippen molar-refractivity contribution in [3.63, 3.8) is 0 Å².